The van der Waals surface area contributed by atoms with E-state index in [0.717, 1.165) is 12.1 Å². The van der Waals surface area contributed by atoms with Gasteiger partial charge in [0.1, 0.15) is 21.7 Å². The molecule has 3 aromatic rings. The van der Waals surface area contributed by atoms with E-state index in [4.69, 9.17) is 58.0 Å². The number of anilines is 2. The van der Waals surface area contributed by atoms with Gasteiger partial charge in [-0.25, -0.2) is 8.78 Å². The molecule has 0 unspecified atom stereocenters. The number of benzene rings is 3. The van der Waals surface area contributed by atoms with E-state index in [1.807, 2.05) is 0 Å². The first kappa shape index (κ1) is 26.0. The number of rotatable bonds is 5. The zero-order chi connectivity index (χ0) is 25.7. The van der Waals surface area contributed by atoms with Crippen LogP contribution in [0.3, 0.4) is 0 Å². The Labute approximate surface area is 224 Å². The summed E-state index contributed by atoms with van der Waals surface area (Å²) in [6, 6.07) is 10.7. The molecule has 0 radical (unpaired) electrons. The Kier molecular flexibility index (Phi) is 7.24. The van der Waals surface area contributed by atoms with Crippen molar-refractivity contribution in [2.75, 3.05) is 10.6 Å². The molecule has 0 bridgehead atoms. The maximum atomic E-state index is 13.9. The molecule has 0 aromatic heterocycles. The van der Waals surface area contributed by atoms with E-state index in [1.54, 1.807) is 19.1 Å². The highest BCUT2D eigenvalue weighted by Gasteiger charge is 2.67. The molecule has 0 aliphatic heterocycles. The molecule has 3 aromatic carbocycles. The van der Waals surface area contributed by atoms with Gasteiger partial charge in [0.2, 0.25) is 5.91 Å². The summed E-state index contributed by atoms with van der Waals surface area (Å²) in [5, 5.41) is 5.54. The fraction of sp³-hybridized carbons (Fsp3) is 0.167. The van der Waals surface area contributed by atoms with E-state index < -0.39 is 45.3 Å². The lowest BCUT2D eigenvalue weighted by atomic mass is 10.1. The van der Waals surface area contributed by atoms with Crippen LogP contribution in [0.2, 0.25) is 15.1 Å². The van der Waals surface area contributed by atoms with Gasteiger partial charge < -0.3 is 10.6 Å². The summed E-state index contributed by atoms with van der Waals surface area (Å²) in [5.41, 5.74) is 0.852. The van der Waals surface area contributed by atoms with Crippen molar-refractivity contribution in [1.29, 1.82) is 0 Å². The van der Waals surface area contributed by atoms with Crippen LogP contribution >= 0.6 is 58.0 Å². The molecule has 182 valence electrons. The number of aryl methyl sites for hydroxylation is 1. The summed E-state index contributed by atoms with van der Waals surface area (Å²) in [7, 11) is 0. The molecule has 1 aliphatic rings. The van der Waals surface area contributed by atoms with Crippen LogP contribution in [0.25, 0.3) is 0 Å². The summed E-state index contributed by atoms with van der Waals surface area (Å²) in [5.74, 6) is -4.62. The molecule has 35 heavy (non-hydrogen) atoms. The molecular weight excluding hydrogens is 564 g/mol. The minimum absolute atomic E-state index is 0.0110. The number of halogens is 7. The molecule has 1 fully saturated rings. The number of hydrogen-bond acceptors (Lipinski definition) is 2. The average molecular weight is 579 g/mol. The zero-order valence-corrected chi connectivity index (χ0v) is 21.5. The van der Waals surface area contributed by atoms with Crippen LogP contribution in [0.4, 0.5) is 20.2 Å². The van der Waals surface area contributed by atoms with E-state index in [-0.39, 0.29) is 16.3 Å². The van der Waals surface area contributed by atoms with Gasteiger partial charge >= 0.3 is 0 Å². The van der Waals surface area contributed by atoms with Crippen molar-refractivity contribution in [2.45, 2.75) is 17.2 Å². The van der Waals surface area contributed by atoms with Crippen molar-refractivity contribution in [2.24, 2.45) is 5.92 Å². The first-order chi connectivity index (χ1) is 16.4. The number of nitrogens with one attached hydrogen (secondary N) is 2. The van der Waals surface area contributed by atoms with Crippen LogP contribution in [0.15, 0.2) is 48.5 Å². The monoisotopic (exact) mass is 576 g/mol. The van der Waals surface area contributed by atoms with Gasteiger partial charge in [0.05, 0.1) is 26.5 Å². The topological polar surface area (TPSA) is 58.2 Å². The van der Waals surface area contributed by atoms with Crippen LogP contribution in [0.1, 0.15) is 27.4 Å². The average Bonchev–Trinajstić information content (AvgIpc) is 3.37. The number of amides is 2. The molecule has 4 nitrogen and oxygen atoms in total. The number of carbonyl (C=O) groups is 2. The van der Waals surface area contributed by atoms with Crippen molar-refractivity contribution in [1.82, 2.24) is 0 Å². The molecule has 4 rings (SSSR count). The third-order valence-corrected chi connectivity index (χ3v) is 7.77. The van der Waals surface area contributed by atoms with Crippen LogP contribution in [-0.4, -0.2) is 16.1 Å². The fourth-order valence-corrected chi connectivity index (χ4v) is 5.21. The quantitative estimate of drug-likeness (QED) is 0.301. The summed E-state index contributed by atoms with van der Waals surface area (Å²) in [6.45, 7) is 1.77. The fourth-order valence-electron chi connectivity index (χ4n) is 3.80. The van der Waals surface area contributed by atoms with Gasteiger partial charge in [-0.1, -0.05) is 46.9 Å². The Balaban J connectivity index is 1.54. The molecule has 0 spiro atoms. The number of para-hydroxylation sites is 1. The second-order valence-electron chi connectivity index (χ2n) is 8.00. The van der Waals surface area contributed by atoms with Crippen molar-refractivity contribution in [3.8, 4) is 0 Å². The molecule has 1 aliphatic carbocycles. The smallest absolute Gasteiger partial charge is 0.257 e. The molecule has 11 heteroatoms. The third-order valence-electron chi connectivity index (χ3n) is 5.61. The standard InChI is InChI=1S/C24H15Cl5F2N2O2/c1-10-7-11(8-15(26)20(10)27)18-19(24(18,28)29)23(35)32-12-5-6-14(25)13(9-12)22(34)33-21-16(30)3-2-4-17(21)31/h2-9,18-19H,1H3,(H,32,35)(H,33,34)/t18-,19+/m1/s1. The Hall–Kier alpha value is -2.09. The highest BCUT2D eigenvalue weighted by atomic mass is 35.5. The molecule has 2 atom stereocenters. The first-order valence-electron chi connectivity index (χ1n) is 10.1. The Bertz CT molecular complexity index is 1320. The molecule has 0 heterocycles. The van der Waals surface area contributed by atoms with E-state index >= 15 is 0 Å². The number of hydrogen-bond donors (Lipinski definition) is 2. The first-order valence-corrected chi connectivity index (χ1v) is 12.0. The normalized spacial score (nSPS) is 18.2. The lowest BCUT2D eigenvalue weighted by Gasteiger charge is -2.11. The minimum Gasteiger partial charge on any atom is -0.326 e. The lowest BCUT2D eigenvalue weighted by Crippen LogP contribution is -2.18. The maximum absolute atomic E-state index is 13.9. The Morgan fingerprint density at radius 2 is 1.57 bits per heavy atom. The molecule has 1 saturated carbocycles. The largest absolute Gasteiger partial charge is 0.326 e. The van der Waals surface area contributed by atoms with Crippen molar-refractivity contribution >= 4 is 81.2 Å². The molecule has 2 N–H and O–H groups in total. The molecular formula is C24H15Cl5F2N2O2. The predicted molar refractivity (Wildman–Crippen MR) is 136 cm³/mol. The molecule has 2 amide bonds. The van der Waals surface area contributed by atoms with Gasteiger partial charge in [-0.2, -0.15) is 0 Å². The van der Waals surface area contributed by atoms with Gasteiger partial charge in [-0.3, -0.25) is 9.59 Å². The highest BCUT2D eigenvalue weighted by molar-refractivity contribution is 6.53. The van der Waals surface area contributed by atoms with E-state index in [0.29, 0.717) is 21.2 Å². The van der Waals surface area contributed by atoms with Crippen LogP contribution < -0.4 is 10.6 Å². The van der Waals surface area contributed by atoms with Crippen molar-refractivity contribution < 1.29 is 18.4 Å². The Morgan fingerprint density at radius 1 is 0.914 bits per heavy atom. The molecule has 0 saturated heterocycles. The van der Waals surface area contributed by atoms with E-state index in [2.05, 4.69) is 10.6 Å². The van der Waals surface area contributed by atoms with Crippen LogP contribution in [0, 0.1) is 24.5 Å². The second kappa shape index (κ2) is 9.75. The summed E-state index contributed by atoms with van der Waals surface area (Å²) in [4.78, 5) is 25.6. The van der Waals surface area contributed by atoms with Gasteiger partial charge in [0, 0.05) is 11.6 Å². The zero-order valence-electron chi connectivity index (χ0n) is 17.7. The van der Waals surface area contributed by atoms with Gasteiger partial charge in [-0.05, 0) is 54.4 Å². The van der Waals surface area contributed by atoms with Gasteiger partial charge in [0.25, 0.3) is 5.91 Å². The second-order valence-corrected chi connectivity index (χ2v) is 10.6. The summed E-state index contributed by atoms with van der Waals surface area (Å²) in [6.07, 6.45) is 0. The number of carbonyl (C=O) groups excluding carboxylic acids is 2. The maximum Gasteiger partial charge on any atom is 0.257 e. The van der Waals surface area contributed by atoms with E-state index in [1.165, 1.54) is 24.3 Å². The third kappa shape index (κ3) is 5.09. The van der Waals surface area contributed by atoms with Crippen LogP contribution in [0.5, 0.6) is 0 Å². The predicted octanol–water partition coefficient (Wildman–Crippen LogP) is 8.01. The SMILES string of the molecule is Cc1cc([C@@H]2[C@@H](C(=O)Nc3ccc(Cl)c(C(=O)Nc4c(F)cccc4F)c3)C2(Cl)Cl)cc(Cl)c1Cl. The summed E-state index contributed by atoms with van der Waals surface area (Å²) >= 11 is 31.2. The Morgan fingerprint density at radius 3 is 2.20 bits per heavy atom. The van der Waals surface area contributed by atoms with E-state index in [9.17, 15) is 18.4 Å². The lowest BCUT2D eigenvalue weighted by molar-refractivity contribution is -0.117. The van der Waals surface area contributed by atoms with Crippen LogP contribution in [-0.2, 0) is 4.79 Å². The van der Waals surface area contributed by atoms with Crippen molar-refractivity contribution in [3.05, 3.63) is 91.9 Å². The number of alkyl halides is 2. The van der Waals surface area contributed by atoms with Crippen molar-refractivity contribution in [3.63, 3.8) is 0 Å². The van der Waals surface area contributed by atoms with Gasteiger partial charge in [0.15, 0.2) is 0 Å². The van der Waals surface area contributed by atoms with Gasteiger partial charge in [-0.15, -0.1) is 23.2 Å². The summed E-state index contributed by atoms with van der Waals surface area (Å²) < 4.78 is 26.4. The minimum atomic E-state index is -1.39. The highest BCUT2D eigenvalue weighted by Crippen LogP contribution is 2.65.